The molecule has 0 amide bonds. The second kappa shape index (κ2) is 6.20. The van der Waals surface area contributed by atoms with Gasteiger partial charge in [0.25, 0.3) is 5.56 Å². The van der Waals surface area contributed by atoms with Crippen molar-refractivity contribution in [2.45, 2.75) is 18.8 Å². The average molecular weight is 327 g/mol. The van der Waals surface area contributed by atoms with E-state index in [1.54, 1.807) is 4.90 Å². The van der Waals surface area contributed by atoms with Crippen molar-refractivity contribution in [2.75, 3.05) is 31.1 Å². The van der Waals surface area contributed by atoms with Gasteiger partial charge in [-0.25, -0.2) is 4.68 Å². The van der Waals surface area contributed by atoms with Crippen molar-refractivity contribution in [3.8, 4) is 0 Å². The molecule has 0 spiro atoms. The molecule has 1 fully saturated rings. The summed E-state index contributed by atoms with van der Waals surface area (Å²) in [6.07, 6.45) is -3.59. The van der Waals surface area contributed by atoms with Crippen molar-refractivity contribution < 1.29 is 17.9 Å². The van der Waals surface area contributed by atoms with E-state index in [-0.39, 0.29) is 11.1 Å². The Hall–Kier alpha value is -1.32. The summed E-state index contributed by atoms with van der Waals surface area (Å²) < 4.78 is 42.6. The van der Waals surface area contributed by atoms with E-state index in [1.807, 2.05) is 0 Å². The molecule has 21 heavy (non-hydrogen) atoms. The summed E-state index contributed by atoms with van der Waals surface area (Å²) in [6, 6.07) is 0. The van der Waals surface area contributed by atoms with Gasteiger partial charge in [-0.3, -0.25) is 4.79 Å². The number of anilines is 1. The van der Waals surface area contributed by atoms with E-state index in [9.17, 15) is 18.0 Å². The molecule has 1 aliphatic rings. The van der Waals surface area contributed by atoms with Crippen LogP contribution in [-0.4, -0.2) is 48.3 Å². The lowest BCUT2D eigenvalue weighted by Gasteiger charge is -2.34. The van der Waals surface area contributed by atoms with Gasteiger partial charge in [0, 0.05) is 19.6 Å². The fraction of sp³-hybridized carbons (Fsp3) is 0.636. The third-order valence-corrected chi connectivity index (χ3v) is 3.39. The molecule has 2 rings (SSSR count). The van der Waals surface area contributed by atoms with E-state index in [1.165, 1.54) is 0 Å². The SMILES string of the molecule is NCC1CN(c2cnn(CC(F)(F)F)c(=O)c2Cl)CCO1. The Labute approximate surface area is 123 Å². The molecular weight excluding hydrogens is 313 g/mol. The summed E-state index contributed by atoms with van der Waals surface area (Å²) in [4.78, 5) is 13.6. The molecule has 1 aromatic heterocycles. The van der Waals surface area contributed by atoms with Gasteiger partial charge in [-0.1, -0.05) is 11.6 Å². The Morgan fingerprint density at radius 2 is 2.24 bits per heavy atom. The second-order valence-corrected chi connectivity index (χ2v) is 4.97. The van der Waals surface area contributed by atoms with Crippen molar-refractivity contribution in [1.29, 1.82) is 0 Å². The number of aromatic nitrogens is 2. The maximum absolute atomic E-state index is 12.3. The van der Waals surface area contributed by atoms with Crippen LogP contribution in [0.4, 0.5) is 18.9 Å². The molecule has 0 aliphatic carbocycles. The van der Waals surface area contributed by atoms with Gasteiger partial charge in [0.1, 0.15) is 11.6 Å². The summed E-state index contributed by atoms with van der Waals surface area (Å²) in [5.74, 6) is 0. The number of alkyl halides is 3. The monoisotopic (exact) mass is 326 g/mol. The lowest BCUT2D eigenvalue weighted by Crippen LogP contribution is -2.46. The first-order chi connectivity index (χ1) is 9.81. The van der Waals surface area contributed by atoms with Gasteiger partial charge >= 0.3 is 6.18 Å². The number of halogens is 4. The van der Waals surface area contributed by atoms with Gasteiger partial charge in [0.2, 0.25) is 0 Å². The molecule has 1 unspecified atom stereocenters. The van der Waals surface area contributed by atoms with E-state index in [0.29, 0.717) is 36.6 Å². The summed E-state index contributed by atoms with van der Waals surface area (Å²) in [5.41, 5.74) is 4.84. The van der Waals surface area contributed by atoms with Crippen LogP contribution in [0.1, 0.15) is 0 Å². The fourth-order valence-electron chi connectivity index (χ4n) is 2.04. The zero-order valence-electron chi connectivity index (χ0n) is 10.9. The molecule has 10 heteroatoms. The van der Waals surface area contributed by atoms with Crippen molar-refractivity contribution in [3.63, 3.8) is 0 Å². The summed E-state index contributed by atoms with van der Waals surface area (Å²) in [6.45, 7) is 0.0815. The smallest absolute Gasteiger partial charge is 0.373 e. The first-order valence-electron chi connectivity index (χ1n) is 6.21. The van der Waals surface area contributed by atoms with Crippen LogP contribution in [0.2, 0.25) is 5.02 Å². The van der Waals surface area contributed by atoms with E-state index in [0.717, 1.165) is 6.20 Å². The summed E-state index contributed by atoms with van der Waals surface area (Å²) in [5, 5.41) is 3.25. The Bertz CT molecular complexity index is 563. The summed E-state index contributed by atoms with van der Waals surface area (Å²) in [7, 11) is 0. The normalized spacial score (nSPS) is 19.9. The van der Waals surface area contributed by atoms with Crippen LogP contribution in [0, 0.1) is 0 Å². The highest BCUT2D eigenvalue weighted by Crippen LogP contribution is 2.24. The molecule has 1 atom stereocenters. The zero-order chi connectivity index (χ0) is 15.6. The third-order valence-electron chi connectivity index (χ3n) is 3.04. The van der Waals surface area contributed by atoms with Gasteiger partial charge in [-0.2, -0.15) is 18.3 Å². The molecule has 0 saturated carbocycles. The molecule has 0 bridgehead atoms. The molecule has 1 aromatic rings. The minimum absolute atomic E-state index is 0.215. The Morgan fingerprint density at radius 1 is 1.52 bits per heavy atom. The predicted molar refractivity (Wildman–Crippen MR) is 70.6 cm³/mol. The average Bonchev–Trinajstić information content (AvgIpc) is 2.43. The van der Waals surface area contributed by atoms with Crippen LogP contribution in [0.25, 0.3) is 0 Å². The molecule has 1 aliphatic heterocycles. The van der Waals surface area contributed by atoms with Crippen molar-refractivity contribution >= 4 is 17.3 Å². The van der Waals surface area contributed by atoms with Crippen LogP contribution < -0.4 is 16.2 Å². The fourth-order valence-corrected chi connectivity index (χ4v) is 2.31. The maximum Gasteiger partial charge on any atom is 0.408 e. The van der Waals surface area contributed by atoms with E-state index in [2.05, 4.69) is 5.10 Å². The number of nitrogens with two attached hydrogens (primary N) is 1. The van der Waals surface area contributed by atoms with Crippen LogP contribution in [0.15, 0.2) is 11.0 Å². The molecule has 118 valence electrons. The van der Waals surface area contributed by atoms with Crippen LogP contribution in [0.5, 0.6) is 0 Å². The first kappa shape index (κ1) is 16.1. The highest BCUT2D eigenvalue weighted by Gasteiger charge is 2.30. The maximum atomic E-state index is 12.3. The lowest BCUT2D eigenvalue weighted by molar-refractivity contribution is -0.143. The number of hydrogen-bond donors (Lipinski definition) is 1. The van der Waals surface area contributed by atoms with Gasteiger partial charge in [-0.05, 0) is 0 Å². The summed E-state index contributed by atoms with van der Waals surface area (Å²) >= 11 is 5.90. The van der Waals surface area contributed by atoms with Crippen molar-refractivity contribution in [3.05, 3.63) is 21.6 Å². The Morgan fingerprint density at radius 3 is 2.86 bits per heavy atom. The molecule has 2 N–H and O–H groups in total. The van der Waals surface area contributed by atoms with Crippen molar-refractivity contribution in [1.82, 2.24) is 9.78 Å². The Balaban J connectivity index is 2.26. The molecule has 6 nitrogen and oxygen atoms in total. The third kappa shape index (κ3) is 3.86. The number of rotatable bonds is 3. The highest BCUT2D eigenvalue weighted by molar-refractivity contribution is 6.33. The lowest BCUT2D eigenvalue weighted by atomic mass is 10.2. The Kier molecular flexibility index (Phi) is 4.74. The van der Waals surface area contributed by atoms with Crippen LogP contribution in [-0.2, 0) is 11.3 Å². The van der Waals surface area contributed by atoms with Crippen LogP contribution >= 0.6 is 11.6 Å². The first-order valence-corrected chi connectivity index (χ1v) is 6.58. The largest absolute Gasteiger partial charge is 0.408 e. The minimum atomic E-state index is -4.54. The number of ether oxygens (including phenoxy) is 1. The number of morpholine rings is 1. The van der Waals surface area contributed by atoms with Gasteiger partial charge in [0.05, 0.1) is 24.6 Å². The van der Waals surface area contributed by atoms with Crippen molar-refractivity contribution in [2.24, 2.45) is 5.73 Å². The number of nitrogens with zero attached hydrogens (tertiary/aromatic N) is 3. The standard InChI is InChI=1S/C11H14ClF3N4O2/c12-9-8(18-1-2-21-7(3-16)5-18)4-17-19(10(9)20)6-11(13,14)15/h4,7H,1-3,5-6,16H2. The predicted octanol–water partition coefficient (Wildman–Crippen LogP) is 0.623. The number of hydrogen-bond acceptors (Lipinski definition) is 5. The zero-order valence-corrected chi connectivity index (χ0v) is 11.7. The minimum Gasteiger partial charge on any atom is -0.373 e. The highest BCUT2D eigenvalue weighted by atomic mass is 35.5. The van der Waals surface area contributed by atoms with E-state index < -0.39 is 18.3 Å². The second-order valence-electron chi connectivity index (χ2n) is 4.60. The quantitative estimate of drug-likeness (QED) is 0.881. The molecular formula is C11H14ClF3N4O2. The van der Waals surface area contributed by atoms with Gasteiger partial charge in [0.15, 0.2) is 0 Å². The van der Waals surface area contributed by atoms with E-state index >= 15 is 0 Å². The topological polar surface area (TPSA) is 73.4 Å². The van der Waals surface area contributed by atoms with Crippen LogP contribution in [0.3, 0.4) is 0 Å². The van der Waals surface area contributed by atoms with Gasteiger partial charge in [-0.15, -0.1) is 0 Å². The molecule has 0 aromatic carbocycles. The molecule has 1 saturated heterocycles. The molecule has 0 radical (unpaired) electrons. The van der Waals surface area contributed by atoms with E-state index in [4.69, 9.17) is 22.1 Å². The molecule has 2 heterocycles. The van der Waals surface area contributed by atoms with Gasteiger partial charge < -0.3 is 15.4 Å².